The summed E-state index contributed by atoms with van der Waals surface area (Å²) in [5, 5.41) is 0. The second-order valence-electron chi connectivity index (χ2n) is 5.65. The monoisotopic (exact) mass is 250 g/mol. The van der Waals surface area contributed by atoms with Gasteiger partial charge in [-0.25, -0.2) is 0 Å². The highest BCUT2D eigenvalue weighted by molar-refractivity contribution is 7.80. The zero-order chi connectivity index (χ0) is 12.8. The summed E-state index contributed by atoms with van der Waals surface area (Å²) in [5.41, 5.74) is 1.58. The van der Waals surface area contributed by atoms with Crippen LogP contribution in [0.2, 0.25) is 0 Å². The highest BCUT2D eigenvalue weighted by Gasteiger charge is 2.52. The van der Waals surface area contributed by atoms with Crippen molar-refractivity contribution in [3.8, 4) is 0 Å². The molecule has 0 aliphatic carbocycles. The van der Waals surface area contributed by atoms with E-state index in [2.05, 4.69) is 46.4 Å². The number of aryl methyl sites for hydroxylation is 1. The van der Waals surface area contributed by atoms with E-state index in [1.807, 2.05) is 19.1 Å². The Morgan fingerprint density at radius 3 is 2.06 bits per heavy atom. The van der Waals surface area contributed by atoms with Crippen molar-refractivity contribution < 1.29 is 9.31 Å². The van der Waals surface area contributed by atoms with Gasteiger partial charge in [0, 0.05) is 4.90 Å². The molecule has 1 aromatic carbocycles. The summed E-state index contributed by atoms with van der Waals surface area (Å²) in [6, 6.07) is 6.11. The second-order valence-corrected chi connectivity index (χ2v) is 6.13. The second kappa shape index (κ2) is 4.04. The Morgan fingerprint density at radius 1 is 1.06 bits per heavy atom. The molecule has 1 heterocycles. The third kappa shape index (κ3) is 2.26. The Balaban J connectivity index is 2.32. The summed E-state index contributed by atoms with van der Waals surface area (Å²) in [5.74, 6) is 0. The molecular weight excluding hydrogens is 231 g/mol. The predicted octanol–water partition coefficient (Wildman–Crippen LogP) is 2.58. The molecule has 0 aromatic heterocycles. The van der Waals surface area contributed by atoms with E-state index in [0.717, 1.165) is 10.4 Å². The average molecular weight is 250 g/mol. The highest BCUT2D eigenvalue weighted by atomic mass is 32.1. The first-order valence-corrected chi connectivity index (χ1v) is 6.33. The molecule has 0 N–H and O–H groups in total. The Hall–Kier alpha value is -0.445. The molecule has 0 radical (unpaired) electrons. The quantitative estimate of drug-likeness (QED) is 0.610. The van der Waals surface area contributed by atoms with E-state index in [1.165, 1.54) is 5.56 Å². The van der Waals surface area contributed by atoms with Gasteiger partial charge in [-0.15, -0.1) is 12.6 Å². The van der Waals surface area contributed by atoms with Gasteiger partial charge in [0.2, 0.25) is 0 Å². The van der Waals surface area contributed by atoms with Crippen LogP contribution < -0.4 is 5.46 Å². The van der Waals surface area contributed by atoms with Crippen molar-refractivity contribution in [3.05, 3.63) is 23.8 Å². The molecule has 0 saturated carbocycles. The SMILES string of the molecule is Cc1ccc(B2OC(C)(C)C(C)(C)O2)c(S)c1. The van der Waals surface area contributed by atoms with Crippen molar-refractivity contribution >= 4 is 25.2 Å². The minimum Gasteiger partial charge on any atom is -0.399 e. The fourth-order valence-corrected chi connectivity index (χ4v) is 2.21. The maximum Gasteiger partial charge on any atom is 0.495 e. The molecule has 4 heteroatoms. The average Bonchev–Trinajstić information content (AvgIpc) is 2.35. The first-order valence-electron chi connectivity index (χ1n) is 5.88. The van der Waals surface area contributed by atoms with Crippen LogP contribution in [0, 0.1) is 6.92 Å². The van der Waals surface area contributed by atoms with E-state index in [4.69, 9.17) is 9.31 Å². The molecule has 0 atom stereocenters. The lowest BCUT2D eigenvalue weighted by molar-refractivity contribution is 0.00578. The maximum absolute atomic E-state index is 6.00. The molecule has 17 heavy (non-hydrogen) atoms. The van der Waals surface area contributed by atoms with Gasteiger partial charge >= 0.3 is 7.12 Å². The summed E-state index contributed by atoms with van der Waals surface area (Å²) < 4.78 is 12.0. The molecule has 1 saturated heterocycles. The summed E-state index contributed by atoms with van der Waals surface area (Å²) in [6.45, 7) is 10.3. The fourth-order valence-electron chi connectivity index (χ4n) is 1.82. The van der Waals surface area contributed by atoms with Crippen LogP contribution in [0.25, 0.3) is 0 Å². The Kier molecular flexibility index (Phi) is 3.09. The van der Waals surface area contributed by atoms with E-state index in [-0.39, 0.29) is 18.3 Å². The van der Waals surface area contributed by atoms with Gasteiger partial charge in [-0.3, -0.25) is 0 Å². The summed E-state index contributed by atoms with van der Waals surface area (Å²) in [4.78, 5) is 0.920. The normalized spacial score (nSPS) is 21.9. The number of benzene rings is 1. The molecule has 0 unspecified atom stereocenters. The molecule has 1 fully saturated rings. The van der Waals surface area contributed by atoms with E-state index in [9.17, 15) is 0 Å². The molecular formula is C13H19BO2S. The lowest BCUT2D eigenvalue weighted by Crippen LogP contribution is -2.41. The molecule has 1 aliphatic rings. The van der Waals surface area contributed by atoms with Gasteiger partial charge in [-0.2, -0.15) is 0 Å². The molecule has 0 amide bonds. The smallest absolute Gasteiger partial charge is 0.399 e. The van der Waals surface area contributed by atoms with Crippen LogP contribution in [0.5, 0.6) is 0 Å². The van der Waals surface area contributed by atoms with Crippen LogP contribution in [0.1, 0.15) is 33.3 Å². The van der Waals surface area contributed by atoms with Crippen LogP contribution >= 0.6 is 12.6 Å². The number of thiol groups is 1. The highest BCUT2D eigenvalue weighted by Crippen LogP contribution is 2.36. The minimum absolute atomic E-state index is 0.303. The first kappa shape index (κ1) is 13.0. The van der Waals surface area contributed by atoms with Crippen molar-refractivity contribution in [2.24, 2.45) is 0 Å². The number of hydrogen-bond acceptors (Lipinski definition) is 3. The topological polar surface area (TPSA) is 18.5 Å². The van der Waals surface area contributed by atoms with Crippen LogP contribution in [0.15, 0.2) is 23.1 Å². The molecule has 1 aliphatic heterocycles. The molecule has 2 rings (SSSR count). The number of rotatable bonds is 1. The minimum atomic E-state index is -0.326. The van der Waals surface area contributed by atoms with Gasteiger partial charge in [-0.05, 0) is 46.1 Å². The van der Waals surface area contributed by atoms with Gasteiger partial charge < -0.3 is 9.31 Å². The third-order valence-corrected chi connectivity index (χ3v) is 4.08. The lowest BCUT2D eigenvalue weighted by Gasteiger charge is -2.32. The van der Waals surface area contributed by atoms with Crippen molar-refractivity contribution in [1.82, 2.24) is 0 Å². The van der Waals surface area contributed by atoms with Gasteiger partial charge in [0.15, 0.2) is 0 Å². The van der Waals surface area contributed by atoms with E-state index in [0.29, 0.717) is 0 Å². The Bertz CT molecular complexity index is 427. The molecule has 92 valence electrons. The Labute approximate surface area is 109 Å². The van der Waals surface area contributed by atoms with Crippen LogP contribution in [0.4, 0.5) is 0 Å². The molecule has 0 bridgehead atoms. The first-order chi connectivity index (χ1) is 7.73. The zero-order valence-corrected chi connectivity index (χ0v) is 12.0. The van der Waals surface area contributed by atoms with Crippen molar-refractivity contribution in [2.75, 3.05) is 0 Å². The van der Waals surface area contributed by atoms with E-state index < -0.39 is 0 Å². The third-order valence-electron chi connectivity index (χ3n) is 3.69. The molecule has 0 spiro atoms. The lowest BCUT2D eigenvalue weighted by atomic mass is 9.79. The van der Waals surface area contributed by atoms with Gasteiger partial charge in [-0.1, -0.05) is 17.7 Å². The molecule has 2 nitrogen and oxygen atoms in total. The van der Waals surface area contributed by atoms with Gasteiger partial charge in [0.05, 0.1) is 11.2 Å². The Morgan fingerprint density at radius 2 is 1.59 bits per heavy atom. The molecule has 1 aromatic rings. The van der Waals surface area contributed by atoms with Crippen LogP contribution in [-0.2, 0) is 9.31 Å². The predicted molar refractivity (Wildman–Crippen MR) is 74.1 cm³/mol. The van der Waals surface area contributed by atoms with Crippen molar-refractivity contribution in [3.63, 3.8) is 0 Å². The standard InChI is InChI=1S/C13H19BO2S/c1-9-6-7-10(11(17)8-9)14-15-12(2,3)13(4,5)16-14/h6-8,17H,1-5H3. The van der Waals surface area contributed by atoms with Crippen molar-refractivity contribution in [1.29, 1.82) is 0 Å². The largest absolute Gasteiger partial charge is 0.495 e. The van der Waals surface area contributed by atoms with E-state index in [1.54, 1.807) is 0 Å². The fraction of sp³-hybridized carbons (Fsp3) is 0.538. The number of hydrogen-bond donors (Lipinski definition) is 1. The summed E-state index contributed by atoms with van der Waals surface area (Å²) in [6.07, 6.45) is 0. The van der Waals surface area contributed by atoms with Gasteiger partial charge in [0.1, 0.15) is 0 Å². The van der Waals surface area contributed by atoms with Crippen molar-refractivity contribution in [2.45, 2.75) is 50.7 Å². The zero-order valence-electron chi connectivity index (χ0n) is 11.1. The van der Waals surface area contributed by atoms with Crippen LogP contribution in [0.3, 0.4) is 0 Å². The maximum atomic E-state index is 6.00. The van der Waals surface area contributed by atoms with Gasteiger partial charge in [0.25, 0.3) is 0 Å². The van der Waals surface area contributed by atoms with Crippen LogP contribution in [-0.4, -0.2) is 18.3 Å². The summed E-state index contributed by atoms with van der Waals surface area (Å²) in [7, 11) is -0.326. The summed E-state index contributed by atoms with van der Waals surface area (Å²) >= 11 is 4.50. The van der Waals surface area contributed by atoms with E-state index >= 15 is 0 Å².